The molecule has 0 saturated heterocycles. The number of anilines is 1. The number of nitrogens with one attached hydrogen (secondary N) is 1. The number of allylic oxidation sites excluding steroid dienone is 2. The van der Waals surface area contributed by atoms with E-state index in [0.717, 1.165) is 18.1 Å². The van der Waals surface area contributed by atoms with Gasteiger partial charge in [0, 0.05) is 12.0 Å². The molecule has 2 aromatic carbocycles. The van der Waals surface area contributed by atoms with Crippen molar-refractivity contribution in [3.8, 4) is 0 Å². The maximum Gasteiger partial charge on any atom is 0.149 e. The molecule has 5 heteroatoms. The number of hydrogen-bond acceptors (Lipinski definition) is 1. The van der Waals surface area contributed by atoms with E-state index in [1.165, 1.54) is 6.07 Å². The van der Waals surface area contributed by atoms with Crippen molar-refractivity contribution in [1.29, 1.82) is 0 Å². The molecule has 1 aliphatic heterocycles. The summed E-state index contributed by atoms with van der Waals surface area (Å²) in [4.78, 5) is 0. The van der Waals surface area contributed by atoms with Crippen LogP contribution in [0.2, 0.25) is 10.0 Å². The topological polar surface area (TPSA) is 12.0 Å². The smallest absolute Gasteiger partial charge is 0.149 e. The minimum atomic E-state index is -0.582. The summed E-state index contributed by atoms with van der Waals surface area (Å²) in [6.07, 6.45) is 4.90. The zero-order valence-corrected chi connectivity index (χ0v) is 13.5. The summed E-state index contributed by atoms with van der Waals surface area (Å²) in [5.41, 5.74) is 1.85. The lowest BCUT2D eigenvalue weighted by atomic mass is 9.77. The maximum absolute atomic E-state index is 14.3. The van der Waals surface area contributed by atoms with Gasteiger partial charge in [0.05, 0.1) is 21.8 Å². The van der Waals surface area contributed by atoms with Gasteiger partial charge >= 0.3 is 0 Å². The first kappa shape index (κ1) is 15.0. The van der Waals surface area contributed by atoms with Crippen LogP contribution in [-0.4, -0.2) is 0 Å². The van der Waals surface area contributed by atoms with Gasteiger partial charge in [-0.1, -0.05) is 47.5 Å². The first-order valence-electron chi connectivity index (χ1n) is 7.42. The lowest BCUT2D eigenvalue weighted by Crippen LogP contribution is -2.30. The molecule has 23 heavy (non-hydrogen) atoms. The van der Waals surface area contributed by atoms with Crippen molar-refractivity contribution in [2.45, 2.75) is 18.4 Å². The molecule has 0 fully saturated rings. The van der Waals surface area contributed by atoms with E-state index >= 15 is 0 Å². The lowest BCUT2D eigenvalue weighted by molar-refractivity contribution is 0.418. The van der Waals surface area contributed by atoms with Gasteiger partial charge in [-0.05, 0) is 35.6 Å². The molecule has 0 aromatic heterocycles. The molecule has 0 amide bonds. The molecule has 1 nitrogen and oxygen atoms in total. The fourth-order valence-electron chi connectivity index (χ4n) is 3.69. The SMILES string of the molecule is Fc1cc(F)c2c(c1)[C@@H]1C=CC[C@@H]1[C@H](c1cccc(Cl)c1Cl)N2. The van der Waals surface area contributed by atoms with E-state index in [-0.39, 0.29) is 17.9 Å². The fraction of sp³-hybridized carbons (Fsp3) is 0.222. The Morgan fingerprint density at radius 3 is 2.74 bits per heavy atom. The molecular weight excluding hydrogens is 339 g/mol. The summed E-state index contributed by atoms with van der Waals surface area (Å²) in [6.45, 7) is 0. The van der Waals surface area contributed by atoms with E-state index in [9.17, 15) is 8.78 Å². The van der Waals surface area contributed by atoms with Crippen LogP contribution in [0.3, 0.4) is 0 Å². The predicted molar refractivity (Wildman–Crippen MR) is 89.2 cm³/mol. The second-order valence-electron chi connectivity index (χ2n) is 5.97. The highest BCUT2D eigenvalue weighted by Gasteiger charge is 2.40. The van der Waals surface area contributed by atoms with Crippen LogP contribution in [0.5, 0.6) is 0 Å². The Hall–Kier alpha value is -1.58. The molecule has 0 spiro atoms. The third-order valence-corrected chi connectivity index (χ3v) is 5.54. The van der Waals surface area contributed by atoms with Crippen LogP contribution in [0.1, 0.15) is 29.5 Å². The Morgan fingerprint density at radius 2 is 1.91 bits per heavy atom. The fourth-order valence-corrected chi connectivity index (χ4v) is 4.12. The van der Waals surface area contributed by atoms with Gasteiger partial charge in [-0.2, -0.15) is 0 Å². The lowest BCUT2D eigenvalue weighted by Gasteiger charge is -2.38. The van der Waals surface area contributed by atoms with Crippen LogP contribution < -0.4 is 5.32 Å². The summed E-state index contributed by atoms with van der Waals surface area (Å²) < 4.78 is 27.9. The molecule has 2 aromatic rings. The quantitative estimate of drug-likeness (QED) is 0.612. The third kappa shape index (κ3) is 2.34. The molecule has 1 aliphatic carbocycles. The number of fused-ring (bicyclic) bond motifs is 3. The Bertz CT molecular complexity index is 819. The van der Waals surface area contributed by atoms with Gasteiger partial charge in [-0.3, -0.25) is 0 Å². The van der Waals surface area contributed by atoms with Gasteiger partial charge < -0.3 is 5.32 Å². The van der Waals surface area contributed by atoms with Crippen molar-refractivity contribution in [2.24, 2.45) is 5.92 Å². The van der Waals surface area contributed by atoms with Gasteiger partial charge in [0.15, 0.2) is 0 Å². The van der Waals surface area contributed by atoms with Crippen LogP contribution >= 0.6 is 23.2 Å². The zero-order valence-electron chi connectivity index (χ0n) is 12.0. The van der Waals surface area contributed by atoms with Crippen molar-refractivity contribution >= 4 is 28.9 Å². The van der Waals surface area contributed by atoms with Crippen LogP contribution in [0.25, 0.3) is 0 Å². The Morgan fingerprint density at radius 1 is 1.09 bits per heavy atom. The van der Waals surface area contributed by atoms with Crippen molar-refractivity contribution in [3.05, 3.63) is 75.3 Å². The van der Waals surface area contributed by atoms with E-state index < -0.39 is 11.6 Å². The Balaban J connectivity index is 1.86. The summed E-state index contributed by atoms with van der Waals surface area (Å²) in [6, 6.07) is 7.60. The highest BCUT2D eigenvalue weighted by molar-refractivity contribution is 6.42. The minimum absolute atomic E-state index is 0.0310. The van der Waals surface area contributed by atoms with Gasteiger partial charge in [-0.25, -0.2) is 8.78 Å². The molecular formula is C18H13Cl2F2N. The number of rotatable bonds is 1. The Kier molecular flexibility index (Phi) is 3.58. The standard InChI is InChI=1S/C18H13Cl2F2N/c19-14-6-2-5-12(16(14)20)17-11-4-1-3-10(11)13-7-9(21)8-15(22)18(13)23-17/h1-3,5-8,10-11,17,23H,4H2/t10-,11+,17-/m1/s1. The van der Waals surface area contributed by atoms with Gasteiger partial charge in [-0.15, -0.1) is 0 Å². The summed E-state index contributed by atoms with van der Waals surface area (Å²) in [5, 5.41) is 4.17. The van der Waals surface area contributed by atoms with Crippen LogP contribution in [0, 0.1) is 17.6 Å². The summed E-state index contributed by atoms with van der Waals surface area (Å²) in [5.74, 6) is -1.01. The monoisotopic (exact) mass is 351 g/mol. The average molecular weight is 352 g/mol. The molecule has 0 radical (unpaired) electrons. The van der Waals surface area contributed by atoms with Gasteiger partial charge in [0.1, 0.15) is 11.6 Å². The normalized spacial score (nSPS) is 25.0. The van der Waals surface area contributed by atoms with Crippen molar-refractivity contribution in [1.82, 2.24) is 0 Å². The number of halogens is 4. The number of benzene rings is 2. The molecule has 4 rings (SSSR count). The second kappa shape index (κ2) is 5.50. The van der Waals surface area contributed by atoms with E-state index in [1.807, 2.05) is 18.2 Å². The second-order valence-corrected chi connectivity index (χ2v) is 6.76. The first-order chi connectivity index (χ1) is 11.1. The number of hydrogen-bond donors (Lipinski definition) is 1. The molecule has 0 bridgehead atoms. The maximum atomic E-state index is 14.3. The predicted octanol–water partition coefficient (Wildman–Crippen LogP) is 6.10. The molecule has 0 saturated carbocycles. The Labute approximate surface area is 142 Å². The molecule has 1 heterocycles. The van der Waals surface area contributed by atoms with Crippen LogP contribution in [-0.2, 0) is 0 Å². The van der Waals surface area contributed by atoms with Crippen LogP contribution in [0.4, 0.5) is 14.5 Å². The average Bonchev–Trinajstić information content (AvgIpc) is 3.00. The van der Waals surface area contributed by atoms with Crippen molar-refractivity contribution in [2.75, 3.05) is 5.32 Å². The molecule has 0 unspecified atom stereocenters. The van der Waals surface area contributed by atoms with Crippen molar-refractivity contribution < 1.29 is 8.78 Å². The molecule has 1 N–H and O–H groups in total. The zero-order chi connectivity index (χ0) is 16.1. The summed E-state index contributed by atoms with van der Waals surface area (Å²) in [7, 11) is 0. The van der Waals surface area contributed by atoms with Crippen molar-refractivity contribution in [3.63, 3.8) is 0 Å². The summed E-state index contributed by atoms with van der Waals surface area (Å²) >= 11 is 12.5. The molecule has 118 valence electrons. The first-order valence-corrected chi connectivity index (χ1v) is 8.18. The molecule has 2 aliphatic rings. The minimum Gasteiger partial charge on any atom is -0.375 e. The highest BCUT2D eigenvalue weighted by atomic mass is 35.5. The van der Waals surface area contributed by atoms with E-state index in [1.54, 1.807) is 6.07 Å². The van der Waals surface area contributed by atoms with Crippen LogP contribution in [0.15, 0.2) is 42.5 Å². The highest BCUT2D eigenvalue weighted by Crippen LogP contribution is 2.51. The van der Waals surface area contributed by atoms with E-state index in [4.69, 9.17) is 23.2 Å². The molecule has 3 atom stereocenters. The largest absolute Gasteiger partial charge is 0.375 e. The van der Waals surface area contributed by atoms with E-state index in [2.05, 4.69) is 11.4 Å². The third-order valence-electron chi connectivity index (χ3n) is 4.70. The van der Waals surface area contributed by atoms with Gasteiger partial charge in [0.2, 0.25) is 0 Å². The van der Waals surface area contributed by atoms with E-state index in [0.29, 0.717) is 21.3 Å². The van der Waals surface area contributed by atoms with Gasteiger partial charge in [0.25, 0.3) is 0 Å².